The molecule has 1 atom stereocenters. The van der Waals surface area contributed by atoms with Crippen molar-refractivity contribution in [2.24, 2.45) is 7.05 Å². The van der Waals surface area contributed by atoms with Gasteiger partial charge in [-0.25, -0.2) is 9.97 Å². The van der Waals surface area contributed by atoms with Crippen LogP contribution in [-0.2, 0) is 24.9 Å². The first-order valence-corrected chi connectivity index (χ1v) is 8.33. The van der Waals surface area contributed by atoms with Crippen LogP contribution >= 0.6 is 0 Å². The lowest BCUT2D eigenvalue weighted by Gasteiger charge is -2.32. The van der Waals surface area contributed by atoms with E-state index in [0.29, 0.717) is 13.1 Å². The molecule has 0 aliphatic carbocycles. The third-order valence-electron chi connectivity index (χ3n) is 4.50. The minimum absolute atomic E-state index is 0.143. The molecular formula is C17H24N6O. The molecule has 7 nitrogen and oxygen atoms in total. The quantitative estimate of drug-likeness (QED) is 0.890. The molecular weight excluding hydrogens is 304 g/mol. The zero-order chi connectivity index (χ0) is 17.1. The summed E-state index contributed by atoms with van der Waals surface area (Å²) in [4.78, 5) is 23.1. The maximum atomic E-state index is 12.7. The van der Waals surface area contributed by atoms with E-state index in [1.807, 2.05) is 42.7 Å². The Labute approximate surface area is 142 Å². The van der Waals surface area contributed by atoms with E-state index in [4.69, 9.17) is 0 Å². The van der Waals surface area contributed by atoms with Crippen LogP contribution in [0.1, 0.15) is 35.6 Å². The Morgan fingerprint density at radius 3 is 2.92 bits per heavy atom. The highest BCUT2D eigenvalue weighted by atomic mass is 16.2. The normalized spacial score (nSPS) is 18.2. The molecule has 0 radical (unpaired) electrons. The molecule has 3 heterocycles. The number of hydrogen-bond donors (Lipinski definition) is 1. The molecule has 3 rings (SSSR count). The predicted octanol–water partition coefficient (Wildman–Crippen LogP) is 1.11. The van der Waals surface area contributed by atoms with Crippen LogP contribution in [0.15, 0.2) is 18.5 Å². The molecule has 1 unspecified atom stereocenters. The summed E-state index contributed by atoms with van der Waals surface area (Å²) >= 11 is 0. The molecule has 0 spiro atoms. The second-order valence-corrected chi connectivity index (χ2v) is 6.33. The fourth-order valence-corrected chi connectivity index (χ4v) is 3.12. The van der Waals surface area contributed by atoms with Crippen LogP contribution in [0.25, 0.3) is 0 Å². The van der Waals surface area contributed by atoms with Crippen molar-refractivity contribution >= 4 is 5.91 Å². The Balaban J connectivity index is 1.62. The summed E-state index contributed by atoms with van der Waals surface area (Å²) in [6, 6.07) is 1.73. The molecule has 2 aromatic rings. The van der Waals surface area contributed by atoms with E-state index in [1.54, 1.807) is 6.20 Å². The highest BCUT2D eigenvalue weighted by molar-refractivity contribution is 5.82. The first kappa shape index (κ1) is 16.6. The van der Waals surface area contributed by atoms with Crippen molar-refractivity contribution in [3.63, 3.8) is 0 Å². The number of likely N-dealkylation sites (tertiary alicyclic amines) is 1. The fraction of sp³-hybridized carbons (Fsp3) is 0.529. The van der Waals surface area contributed by atoms with Gasteiger partial charge in [0.05, 0.1) is 30.2 Å². The molecule has 1 aliphatic rings. The number of rotatable bonds is 5. The van der Waals surface area contributed by atoms with Gasteiger partial charge >= 0.3 is 0 Å². The molecule has 1 fully saturated rings. The summed E-state index contributed by atoms with van der Waals surface area (Å²) in [5.41, 5.74) is 3.15. The summed E-state index contributed by atoms with van der Waals surface area (Å²) in [5.74, 6) is 0.885. The largest absolute Gasteiger partial charge is 0.335 e. The number of carbonyl (C=O) groups is 1. The highest BCUT2D eigenvalue weighted by Crippen LogP contribution is 2.15. The van der Waals surface area contributed by atoms with Crippen LogP contribution < -0.4 is 5.32 Å². The number of carbonyl (C=O) groups excluding carboxylic acids is 1. The number of nitrogens with one attached hydrogen (secondary N) is 1. The fourth-order valence-electron chi connectivity index (χ4n) is 3.12. The third kappa shape index (κ3) is 3.62. The highest BCUT2D eigenvalue weighted by Gasteiger charge is 2.28. The molecule has 0 aromatic carbocycles. The van der Waals surface area contributed by atoms with Gasteiger partial charge in [-0.3, -0.25) is 9.48 Å². The first-order valence-electron chi connectivity index (χ1n) is 8.33. The van der Waals surface area contributed by atoms with E-state index in [1.165, 1.54) is 0 Å². The molecule has 2 aromatic heterocycles. The van der Waals surface area contributed by atoms with E-state index >= 15 is 0 Å². The van der Waals surface area contributed by atoms with E-state index < -0.39 is 0 Å². The summed E-state index contributed by atoms with van der Waals surface area (Å²) in [6.07, 6.45) is 5.46. The topological polar surface area (TPSA) is 75.9 Å². The standard InChI is InChI=1S/C17H24N6O/c1-12-9-20-22(3)16(12)10-19-15-5-4-8-23(17(15)24)11-14-6-7-18-13(2)21-14/h6-7,9,15,19H,4-5,8,10-11H2,1-3H3. The van der Waals surface area contributed by atoms with Crippen LogP contribution in [0.3, 0.4) is 0 Å². The van der Waals surface area contributed by atoms with Gasteiger partial charge < -0.3 is 10.2 Å². The summed E-state index contributed by atoms with van der Waals surface area (Å²) in [6.45, 7) is 5.88. The second kappa shape index (κ2) is 7.09. The van der Waals surface area contributed by atoms with Crippen LogP contribution in [-0.4, -0.2) is 43.1 Å². The lowest BCUT2D eigenvalue weighted by molar-refractivity contribution is -0.136. The molecule has 1 N–H and O–H groups in total. The van der Waals surface area contributed by atoms with Gasteiger partial charge in [0.15, 0.2) is 0 Å². The Hall–Kier alpha value is -2.28. The van der Waals surface area contributed by atoms with Crippen molar-refractivity contribution in [1.82, 2.24) is 30.0 Å². The van der Waals surface area contributed by atoms with Gasteiger partial charge in [0, 0.05) is 26.3 Å². The molecule has 1 saturated heterocycles. The Bertz CT molecular complexity index is 706. The monoisotopic (exact) mass is 328 g/mol. The van der Waals surface area contributed by atoms with E-state index in [9.17, 15) is 4.79 Å². The SMILES string of the molecule is Cc1nccc(CN2CCCC(NCc3c(C)cnn3C)C2=O)n1. The van der Waals surface area contributed by atoms with Crippen LogP contribution in [0.5, 0.6) is 0 Å². The van der Waals surface area contributed by atoms with Crippen molar-refractivity contribution in [3.8, 4) is 0 Å². The average molecular weight is 328 g/mol. The van der Waals surface area contributed by atoms with Crippen molar-refractivity contribution in [3.05, 3.63) is 41.2 Å². The van der Waals surface area contributed by atoms with Gasteiger partial charge in [-0.05, 0) is 38.3 Å². The van der Waals surface area contributed by atoms with Crippen molar-refractivity contribution in [2.75, 3.05) is 6.54 Å². The number of piperidine rings is 1. The van der Waals surface area contributed by atoms with Gasteiger partial charge in [-0.2, -0.15) is 5.10 Å². The van der Waals surface area contributed by atoms with Gasteiger partial charge in [0.1, 0.15) is 5.82 Å². The van der Waals surface area contributed by atoms with E-state index in [2.05, 4.69) is 20.4 Å². The molecule has 128 valence electrons. The molecule has 0 bridgehead atoms. The van der Waals surface area contributed by atoms with Gasteiger partial charge in [-0.15, -0.1) is 0 Å². The van der Waals surface area contributed by atoms with Crippen molar-refractivity contribution < 1.29 is 4.79 Å². The number of aryl methyl sites for hydroxylation is 3. The lowest BCUT2D eigenvalue weighted by Crippen LogP contribution is -2.50. The first-order chi connectivity index (χ1) is 11.5. The lowest BCUT2D eigenvalue weighted by atomic mass is 10.0. The third-order valence-corrected chi connectivity index (χ3v) is 4.50. The van der Waals surface area contributed by atoms with E-state index in [-0.39, 0.29) is 11.9 Å². The van der Waals surface area contributed by atoms with Gasteiger partial charge in [0.25, 0.3) is 0 Å². The smallest absolute Gasteiger partial charge is 0.240 e. The minimum Gasteiger partial charge on any atom is -0.335 e. The average Bonchev–Trinajstić information content (AvgIpc) is 2.87. The molecule has 1 aliphatic heterocycles. The van der Waals surface area contributed by atoms with Gasteiger partial charge in [0.2, 0.25) is 5.91 Å². The summed E-state index contributed by atoms with van der Waals surface area (Å²) < 4.78 is 1.86. The summed E-state index contributed by atoms with van der Waals surface area (Å²) in [5, 5.41) is 7.64. The predicted molar refractivity (Wildman–Crippen MR) is 90.0 cm³/mol. The summed E-state index contributed by atoms with van der Waals surface area (Å²) in [7, 11) is 1.93. The number of aromatic nitrogens is 4. The Kier molecular flexibility index (Phi) is 4.89. The van der Waals surface area contributed by atoms with Crippen molar-refractivity contribution in [2.45, 2.75) is 45.8 Å². The number of nitrogens with zero attached hydrogens (tertiary/aromatic N) is 5. The zero-order valence-corrected chi connectivity index (χ0v) is 14.5. The van der Waals surface area contributed by atoms with Crippen LogP contribution in [0.4, 0.5) is 0 Å². The van der Waals surface area contributed by atoms with Crippen molar-refractivity contribution in [1.29, 1.82) is 0 Å². The molecule has 1 amide bonds. The van der Waals surface area contributed by atoms with Crippen LogP contribution in [0.2, 0.25) is 0 Å². The number of amides is 1. The Morgan fingerprint density at radius 1 is 1.38 bits per heavy atom. The zero-order valence-electron chi connectivity index (χ0n) is 14.5. The molecule has 0 saturated carbocycles. The van der Waals surface area contributed by atoms with Gasteiger partial charge in [-0.1, -0.05) is 0 Å². The second-order valence-electron chi connectivity index (χ2n) is 6.33. The Morgan fingerprint density at radius 2 is 2.21 bits per heavy atom. The number of hydrogen-bond acceptors (Lipinski definition) is 5. The van der Waals surface area contributed by atoms with E-state index in [0.717, 1.165) is 42.2 Å². The molecule has 24 heavy (non-hydrogen) atoms. The maximum absolute atomic E-state index is 12.7. The maximum Gasteiger partial charge on any atom is 0.240 e. The minimum atomic E-state index is -0.143. The van der Waals surface area contributed by atoms with Crippen LogP contribution in [0, 0.1) is 13.8 Å². The molecule has 7 heteroatoms.